The SMILES string of the molecule is N#CC(c1cc([N+](=O)[O-])ccc1Cl)c1cc([N+](=O)[O-])ccc1Cl.O. The Morgan fingerprint density at radius 2 is 1.29 bits per heavy atom. The first kappa shape index (κ1) is 19.3. The van der Waals surface area contributed by atoms with Crippen LogP contribution in [0.25, 0.3) is 0 Å². The quantitative estimate of drug-likeness (QED) is 0.596. The molecule has 0 aliphatic carbocycles. The van der Waals surface area contributed by atoms with Crippen molar-refractivity contribution in [1.82, 2.24) is 0 Å². The average Bonchev–Trinajstić information content (AvgIpc) is 2.50. The number of hydrogen-bond donors (Lipinski definition) is 0. The maximum absolute atomic E-state index is 10.9. The molecule has 0 saturated carbocycles. The van der Waals surface area contributed by atoms with Gasteiger partial charge in [0.15, 0.2) is 0 Å². The first-order valence-corrected chi connectivity index (χ1v) is 6.88. The maximum Gasteiger partial charge on any atom is 0.269 e. The van der Waals surface area contributed by atoms with Crippen LogP contribution in [0.5, 0.6) is 0 Å². The highest BCUT2D eigenvalue weighted by Crippen LogP contribution is 2.37. The number of nitriles is 1. The van der Waals surface area contributed by atoms with Crippen LogP contribution in [0.3, 0.4) is 0 Å². The molecule has 0 radical (unpaired) electrons. The van der Waals surface area contributed by atoms with Crippen LogP contribution < -0.4 is 0 Å². The van der Waals surface area contributed by atoms with Crippen molar-refractivity contribution >= 4 is 34.6 Å². The summed E-state index contributed by atoms with van der Waals surface area (Å²) >= 11 is 12.1. The third-order valence-corrected chi connectivity index (χ3v) is 3.82. The lowest BCUT2D eigenvalue weighted by molar-refractivity contribution is -0.385. The molecule has 0 saturated heterocycles. The predicted molar refractivity (Wildman–Crippen MR) is 87.3 cm³/mol. The molecule has 0 aliphatic rings. The van der Waals surface area contributed by atoms with Crippen molar-refractivity contribution in [2.24, 2.45) is 0 Å². The van der Waals surface area contributed by atoms with Crippen molar-refractivity contribution < 1.29 is 15.3 Å². The van der Waals surface area contributed by atoms with E-state index in [4.69, 9.17) is 23.2 Å². The van der Waals surface area contributed by atoms with E-state index in [0.717, 1.165) is 12.1 Å². The van der Waals surface area contributed by atoms with Gasteiger partial charge in [0.25, 0.3) is 11.4 Å². The molecule has 0 unspecified atom stereocenters. The fourth-order valence-corrected chi connectivity index (χ4v) is 2.49. The molecule has 0 spiro atoms. The van der Waals surface area contributed by atoms with Gasteiger partial charge >= 0.3 is 0 Å². The summed E-state index contributed by atoms with van der Waals surface area (Å²) in [5, 5.41) is 31.5. The molecule has 2 N–H and O–H groups in total. The molecule has 0 bridgehead atoms. The smallest absolute Gasteiger partial charge is 0.269 e. The van der Waals surface area contributed by atoms with Crippen molar-refractivity contribution in [3.05, 3.63) is 77.8 Å². The van der Waals surface area contributed by atoms with Gasteiger partial charge in [0.2, 0.25) is 0 Å². The molecule has 2 aromatic rings. The first-order chi connectivity index (χ1) is 10.8. The standard InChI is InChI=1S/C14H7Cl2N3O4.H2O/c15-13-3-1-8(18(20)21)5-10(13)12(7-17)11-6-9(19(22)23)2-4-14(11)16;/h1-6,12H;1H2. The zero-order chi connectivity index (χ0) is 17.1. The van der Waals surface area contributed by atoms with Crippen LogP contribution in [-0.4, -0.2) is 15.3 Å². The molecule has 0 aromatic heterocycles. The maximum atomic E-state index is 10.9. The lowest BCUT2D eigenvalue weighted by Crippen LogP contribution is -2.02. The molecule has 0 heterocycles. The summed E-state index contributed by atoms with van der Waals surface area (Å²) in [6.07, 6.45) is 0. The lowest BCUT2D eigenvalue weighted by atomic mass is 9.92. The molecular weight excluding hydrogens is 361 g/mol. The van der Waals surface area contributed by atoms with Crippen LogP contribution in [0.1, 0.15) is 17.0 Å². The Labute approximate surface area is 145 Å². The highest BCUT2D eigenvalue weighted by atomic mass is 35.5. The van der Waals surface area contributed by atoms with Gasteiger partial charge in [-0.05, 0) is 23.3 Å². The Hall–Kier alpha value is -2.73. The second-order valence-electron chi connectivity index (χ2n) is 4.49. The second kappa shape index (κ2) is 7.70. The summed E-state index contributed by atoms with van der Waals surface area (Å²) < 4.78 is 0. The summed E-state index contributed by atoms with van der Waals surface area (Å²) in [5.41, 5.74) is -0.172. The highest BCUT2D eigenvalue weighted by molar-refractivity contribution is 6.32. The summed E-state index contributed by atoms with van der Waals surface area (Å²) in [7, 11) is 0. The van der Waals surface area contributed by atoms with Crippen LogP contribution in [-0.2, 0) is 0 Å². The highest BCUT2D eigenvalue weighted by Gasteiger charge is 2.24. The molecule has 2 aromatic carbocycles. The summed E-state index contributed by atoms with van der Waals surface area (Å²) in [6, 6.07) is 9.25. The van der Waals surface area contributed by atoms with Gasteiger partial charge < -0.3 is 5.48 Å². The zero-order valence-corrected chi connectivity index (χ0v) is 13.3. The fraction of sp³-hybridized carbons (Fsp3) is 0.0714. The third-order valence-electron chi connectivity index (χ3n) is 3.13. The largest absolute Gasteiger partial charge is 0.412 e. The summed E-state index contributed by atoms with van der Waals surface area (Å²) in [5.74, 6) is -1.07. The molecule has 124 valence electrons. The van der Waals surface area contributed by atoms with Gasteiger partial charge in [-0.15, -0.1) is 0 Å². The molecule has 0 atom stereocenters. The van der Waals surface area contributed by atoms with Crippen LogP contribution in [0, 0.1) is 31.6 Å². The minimum absolute atomic E-state index is 0. The van der Waals surface area contributed by atoms with Gasteiger partial charge in [-0.3, -0.25) is 20.2 Å². The van der Waals surface area contributed by atoms with E-state index in [1.165, 1.54) is 24.3 Å². The predicted octanol–water partition coefficient (Wildman–Crippen LogP) is 3.64. The fourth-order valence-electron chi connectivity index (χ4n) is 2.04. The van der Waals surface area contributed by atoms with Crippen LogP contribution in [0.4, 0.5) is 11.4 Å². The van der Waals surface area contributed by atoms with E-state index in [0.29, 0.717) is 0 Å². The summed E-state index contributed by atoms with van der Waals surface area (Å²) in [6.45, 7) is 0. The van der Waals surface area contributed by atoms with Gasteiger partial charge in [-0.25, -0.2) is 0 Å². The number of nitro groups is 2. The third kappa shape index (κ3) is 3.78. The van der Waals surface area contributed by atoms with Crippen molar-refractivity contribution in [3.63, 3.8) is 0 Å². The number of benzene rings is 2. The normalized spacial score (nSPS) is 9.92. The monoisotopic (exact) mass is 369 g/mol. The van der Waals surface area contributed by atoms with E-state index in [1.54, 1.807) is 0 Å². The molecule has 2 rings (SSSR count). The van der Waals surface area contributed by atoms with Crippen LogP contribution >= 0.6 is 23.2 Å². The van der Waals surface area contributed by atoms with Gasteiger partial charge in [0, 0.05) is 34.3 Å². The molecule has 24 heavy (non-hydrogen) atoms. The Bertz CT molecular complexity index is 787. The van der Waals surface area contributed by atoms with Gasteiger partial charge in [0.1, 0.15) is 0 Å². The van der Waals surface area contributed by atoms with Crippen LogP contribution in [0.15, 0.2) is 36.4 Å². The van der Waals surface area contributed by atoms with E-state index in [2.05, 4.69) is 0 Å². The number of nitrogens with zero attached hydrogens (tertiary/aromatic N) is 3. The second-order valence-corrected chi connectivity index (χ2v) is 5.30. The summed E-state index contributed by atoms with van der Waals surface area (Å²) in [4.78, 5) is 20.5. The lowest BCUT2D eigenvalue weighted by Gasteiger charge is -2.13. The molecule has 0 aliphatic heterocycles. The number of hydrogen-bond acceptors (Lipinski definition) is 5. The number of nitro benzene ring substituents is 2. The van der Waals surface area contributed by atoms with E-state index in [9.17, 15) is 25.5 Å². The number of non-ortho nitro benzene ring substituents is 2. The molecule has 0 amide bonds. The Kier molecular flexibility index (Phi) is 6.20. The molecule has 8 nitrogen and oxygen atoms in total. The van der Waals surface area contributed by atoms with Gasteiger partial charge in [-0.2, -0.15) is 5.26 Å². The van der Waals surface area contributed by atoms with Gasteiger partial charge in [-0.1, -0.05) is 23.2 Å². The zero-order valence-electron chi connectivity index (χ0n) is 11.8. The average molecular weight is 370 g/mol. The van der Waals surface area contributed by atoms with E-state index < -0.39 is 15.8 Å². The van der Waals surface area contributed by atoms with E-state index >= 15 is 0 Å². The first-order valence-electron chi connectivity index (χ1n) is 6.12. The molecular formula is C14H9Cl2N3O5. The number of halogens is 2. The van der Waals surface area contributed by atoms with Crippen molar-refractivity contribution in [3.8, 4) is 6.07 Å². The van der Waals surface area contributed by atoms with Crippen molar-refractivity contribution in [1.29, 1.82) is 5.26 Å². The van der Waals surface area contributed by atoms with E-state index in [-0.39, 0.29) is 38.0 Å². The van der Waals surface area contributed by atoms with Crippen molar-refractivity contribution in [2.45, 2.75) is 5.92 Å². The van der Waals surface area contributed by atoms with Crippen LogP contribution in [0.2, 0.25) is 10.0 Å². The Morgan fingerprint density at radius 3 is 1.58 bits per heavy atom. The topological polar surface area (TPSA) is 142 Å². The Balaban J connectivity index is 0.00000288. The molecule has 0 fully saturated rings. The number of rotatable bonds is 4. The van der Waals surface area contributed by atoms with Gasteiger partial charge in [0.05, 0.1) is 21.8 Å². The minimum atomic E-state index is -1.07. The Morgan fingerprint density at radius 1 is 0.917 bits per heavy atom. The van der Waals surface area contributed by atoms with E-state index in [1.807, 2.05) is 6.07 Å². The molecule has 10 heteroatoms. The van der Waals surface area contributed by atoms with Crippen molar-refractivity contribution in [2.75, 3.05) is 0 Å². The minimum Gasteiger partial charge on any atom is -0.412 e.